The first kappa shape index (κ1) is 18.7. The summed E-state index contributed by atoms with van der Waals surface area (Å²) in [7, 11) is 0. The van der Waals surface area contributed by atoms with Crippen molar-refractivity contribution in [1.29, 1.82) is 0 Å². The molecule has 0 aliphatic carbocycles. The van der Waals surface area contributed by atoms with Crippen LogP contribution in [-0.4, -0.2) is 6.21 Å². The number of alkyl halides is 3. The summed E-state index contributed by atoms with van der Waals surface area (Å²) in [6.07, 6.45) is -2.60. The second-order valence-electron chi connectivity index (χ2n) is 4.60. The lowest BCUT2D eigenvalue weighted by atomic mass is 10.1. The highest BCUT2D eigenvalue weighted by Crippen LogP contribution is 2.29. The molecule has 0 saturated carbocycles. The summed E-state index contributed by atoms with van der Waals surface area (Å²) in [5.74, 6) is -10.8. The molecule has 0 saturated heterocycles. The van der Waals surface area contributed by atoms with Gasteiger partial charge >= 0.3 is 6.18 Å². The standard InChI is InChI=1S/C15H6F8NO/c16-10-9(11(17)13(19)14(20)12(10)18)6-25-24-5-7-2-1-3-8(4-7)15(21,22)23/h1-4H,6H2. The van der Waals surface area contributed by atoms with Gasteiger partial charge < -0.3 is 4.84 Å². The lowest BCUT2D eigenvalue weighted by molar-refractivity contribution is -0.137. The number of rotatable bonds is 4. The van der Waals surface area contributed by atoms with Crippen LogP contribution in [0.1, 0.15) is 16.7 Å². The molecule has 25 heavy (non-hydrogen) atoms. The molecular weight excluding hydrogens is 362 g/mol. The zero-order valence-corrected chi connectivity index (χ0v) is 11.9. The van der Waals surface area contributed by atoms with Gasteiger partial charge in [0.05, 0.1) is 11.1 Å². The smallest absolute Gasteiger partial charge is 0.390 e. The minimum atomic E-state index is -4.60. The Morgan fingerprint density at radius 3 is 2.00 bits per heavy atom. The number of hydrogen-bond donors (Lipinski definition) is 0. The number of benzene rings is 2. The van der Waals surface area contributed by atoms with Gasteiger partial charge in [0.1, 0.15) is 12.8 Å². The Bertz CT molecular complexity index is 787. The highest BCUT2D eigenvalue weighted by molar-refractivity contribution is 5.79. The van der Waals surface area contributed by atoms with Gasteiger partial charge in [-0.15, -0.1) is 0 Å². The Kier molecular flexibility index (Phi) is 5.29. The Labute approximate surface area is 135 Å². The quantitative estimate of drug-likeness (QED) is 0.249. The highest BCUT2D eigenvalue weighted by Gasteiger charge is 2.30. The number of nitrogens with zero attached hydrogens (tertiary/aromatic N) is 1. The van der Waals surface area contributed by atoms with Crippen molar-refractivity contribution in [3.05, 3.63) is 70.0 Å². The van der Waals surface area contributed by atoms with E-state index in [4.69, 9.17) is 0 Å². The molecule has 0 amide bonds. The first-order valence-electron chi connectivity index (χ1n) is 6.38. The first-order valence-corrected chi connectivity index (χ1v) is 6.38. The Hall–Kier alpha value is -2.65. The fourth-order valence-electron chi connectivity index (χ4n) is 1.72. The van der Waals surface area contributed by atoms with Crippen molar-refractivity contribution in [2.24, 2.45) is 5.16 Å². The van der Waals surface area contributed by atoms with Gasteiger partial charge in [-0.05, 0) is 12.1 Å². The van der Waals surface area contributed by atoms with Crippen LogP contribution in [0.2, 0.25) is 0 Å². The Morgan fingerprint density at radius 1 is 0.880 bits per heavy atom. The minimum Gasteiger partial charge on any atom is -0.390 e. The third kappa shape index (κ3) is 4.06. The molecule has 2 nitrogen and oxygen atoms in total. The zero-order chi connectivity index (χ0) is 18.8. The molecule has 0 bridgehead atoms. The Morgan fingerprint density at radius 2 is 1.44 bits per heavy atom. The van der Waals surface area contributed by atoms with E-state index in [0.717, 1.165) is 12.1 Å². The predicted octanol–water partition coefficient (Wildman–Crippen LogP) is 4.83. The molecule has 2 aromatic carbocycles. The van der Waals surface area contributed by atoms with E-state index in [1.807, 2.05) is 6.21 Å². The second kappa shape index (κ2) is 7.08. The predicted molar refractivity (Wildman–Crippen MR) is 69.0 cm³/mol. The van der Waals surface area contributed by atoms with Crippen molar-refractivity contribution >= 4 is 6.21 Å². The van der Waals surface area contributed by atoms with E-state index in [1.54, 1.807) is 0 Å². The van der Waals surface area contributed by atoms with Crippen LogP contribution >= 0.6 is 0 Å². The molecule has 2 aromatic rings. The fraction of sp³-hybridized carbons (Fsp3) is 0.133. The molecule has 10 heteroatoms. The summed E-state index contributed by atoms with van der Waals surface area (Å²) in [6, 6.07) is 3.71. The van der Waals surface area contributed by atoms with Gasteiger partial charge in [-0.2, -0.15) is 13.2 Å². The maximum absolute atomic E-state index is 13.3. The largest absolute Gasteiger partial charge is 0.416 e. The summed E-state index contributed by atoms with van der Waals surface area (Å²) >= 11 is 0. The monoisotopic (exact) mass is 368 g/mol. The third-order valence-corrected chi connectivity index (χ3v) is 2.94. The van der Waals surface area contributed by atoms with Crippen LogP contribution < -0.4 is 0 Å². The summed E-state index contributed by atoms with van der Waals surface area (Å²) < 4.78 is 103. The van der Waals surface area contributed by atoms with Crippen molar-refractivity contribution in [3.63, 3.8) is 0 Å². The number of halogens is 8. The molecule has 0 aliphatic heterocycles. The second-order valence-corrected chi connectivity index (χ2v) is 4.60. The van der Waals surface area contributed by atoms with Gasteiger partial charge in [0.15, 0.2) is 23.3 Å². The van der Waals surface area contributed by atoms with E-state index < -0.39 is 53.0 Å². The van der Waals surface area contributed by atoms with Crippen LogP contribution in [0, 0.1) is 29.1 Å². The van der Waals surface area contributed by atoms with Crippen molar-refractivity contribution < 1.29 is 40.0 Å². The van der Waals surface area contributed by atoms with Gasteiger partial charge in [0.2, 0.25) is 5.82 Å². The average Bonchev–Trinajstić information content (AvgIpc) is 2.57. The highest BCUT2D eigenvalue weighted by atomic mass is 19.4. The molecule has 2 rings (SSSR count). The maximum Gasteiger partial charge on any atom is 0.416 e. The molecule has 0 fully saturated rings. The van der Waals surface area contributed by atoms with Gasteiger partial charge in [-0.25, -0.2) is 22.0 Å². The molecule has 133 valence electrons. The van der Waals surface area contributed by atoms with Gasteiger partial charge in [-0.1, -0.05) is 17.3 Å². The number of hydrogen-bond acceptors (Lipinski definition) is 2. The summed E-state index contributed by atoms with van der Waals surface area (Å²) in [6.45, 7) is -1.14. The molecule has 0 spiro atoms. The topological polar surface area (TPSA) is 21.6 Å². The molecule has 0 heterocycles. The van der Waals surface area contributed by atoms with Crippen LogP contribution in [0.25, 0.3) is 0 Å². The van der Waals surface area contributed by atoms with E-state index in [2.05, 4.69) is 9.99 Å². The molecule has 0 atom stereocenters. The van der Waals surface area contributed by atoms with Crippen molar-refractivity contribution in [2.45, 2.75) is 12.8 Å². The molecule has 1 radical (unpaired) electrons. The van der Waals surface area contributed by atoms with Crippen LogP contribution in [0.4, 0.5) is 35.1 Å². The van der Waals surface area contributed by atoms with E-state index in [9.17, 15) is 35.1 Å². The minimum absolute atomic E-state index is 0.174. The van der Waals surface area contributed by atoms with Gasteiger partial charge in [0, 0.05) is 5.56 Å². The van der Waals surface area contributed by atoms with Crippen LogP contribution in [0.3, 0.4) is 0 Å². The first-order chi connectivity index (χ1) is 11.6. The lowest BCUT2D eigenvalue weighted by Crippen LogP contribution is -2.07. The summed E-state index contributed by atoms with van der Waals surface area (Å²) in [5, 5.41) is 3.03. The van der Waals surface area contributed by atoms with Crippen molar-refractivity contribution in [1.82, 2.24) is 0 Å². The van der Waals surface area contributed by atoms with Gasteiger partial charge in [-0.3, -0.25) is 0 Å². The van der Waals surface area contributed by atoms with E-state index in [-0.39, 0.29) is 5.56 Å². The van der Waals surface area contributed by atoms with E-state index in [0.29, 0.717) is 6.07 Å². The summed E-state index contributed by atoms with van der Waals surface area (Å²) in [4.78, 5) is 4.36. The molecule has 0 aromatic heterocycles. The molecule has 0 unspecified atom stereocenters. The van der Waals surface area contributed by atoms with Crippen LogP contribution in [0.15, 0.2) is 29.4 Å². The summed E-state index contributed by atoms with van der Waals surface area (Å²) in [5.41, 5.74) is -2.44. The van der Waals surface area contributed by atoms with Crippen molar-refractivity contribution in [2.75, 3.05) is 0 Å². The zero-order valence-electron chi connectivity index (χ0n) is 11.9. The molecular formula is C15H6F8NO. The normalized spacial score (nSPS) is 12.0. The SMILES string of the molecule is Fc1c(F)c(F)c(CO/N=[C]\c2cccc(C(F)(F)F)c2)c(F)c1F. The molecule has 0 N–H and O–H groups in total. The van der Waals surface area contributed by atoms with E-state index in [1.165, 1.54) is 6.07 Å². The maximum atomic E-state index is 13.3. The Balaban J connectivity index is 2.13. The lowest BCUT2D eigenvalue weighted by Gasteiger charge is -2.07. The van der Waals surface area contributed by atoms with Crippen LogP contribution in [-0.2, 0) is 17.6 Å². The van der Waals surface area contributed by atoms with E-state index >= 15 is 0 Å². The van der Waals surface area contributed by atoms with Crippen LogP contribution in [0.5, 0.6) is 0 Å². The third-order valence-electron chi connectivity index (χ3n) is 2.94. The molecule has 0 aliphatic rings. The van der Waals surface area contributed by atoms with Crippen molar-refractivity contribution in [3.8, 4) is 0 Å². The fourth-order valence-corrected chi connectivity index (χ4v) is 1.72. The van der Waals surface area contributed by atoms with Gasteiger partial charge in [0.25, 0.3) is 0 Å². The average molecular weight is 368 g/mol.